The van der Waals surface area contributed by atoms with Crippen molar-refractivity contribution >= 4 is 11.7 Å². The number of carbonyl (C=O) groups is 1. The maximum Gasteiger partial charge on any atom is 1.00 e. The first-order valence-electron chi connectivity index (χ1n) is 3.70. The van der Waals surface area contributed by atoms with E-state index < -0.39 is 28.1 Å². The van der Waals surface area contributed by atoms with E-state index in [4.69, 9.17) is 0 Å². The molecule has 0 heterocycles. The molecule has 1 rings (SSSR count). The van der Waals surface area contributed by atoms with E-state index in [0.29, 0.717) is 12.1 Å². The fraction of sp³-hybridized carbons (Fsp3) is 0.125. The van der Waals surface area contributed by atoms with Gasteiger partial charge < -0.3 is 9.90 Å². The first-order valence-corrected chi connectivity index (χ1v) is 3.70. The Bertz CT molecular complexity index is 407. The summed E-state index contributed by atoms with van der Waals surface area (Å²) in [6, 6.07) is 2.94. The number of nitro groups is 1. The molecule has 0 atom stereocenters. The largest absolute Gasteiger partial charge is 1.00 e. The van der Waals surface area contributed by atoms with Crippen molar-refractivity contribution in [3.63, 3.8) is 0 Å². The average Bonchev–Trinajstić information content (AvgIpc) is 2.17. The predicted octanol–water partition coefficient (Wildman–Crippen LogP) is -2.56. The molecule has 0 N–H and O–H groups in total. The number of benzene rings is 1. The van der Waals surface area contributed by atoms with Crippen molar-refractivity contribution in [3.8, 4) is 0 Å². The number of carbonyl (C=O) groups excluding carboxylic acids is 1. The summed E-state index contributed by atoms with van der Waals surface area (Å²) in [5.74, 6) is -6.69. The van der Waals surface area contributed by atoms with Gasteiger partial charge in [0.15, 0.2) is 0 Å². The van der Waals surface area contributed by atoms with E-state index in [0.717, 1.165) is 12.1 Å². The van der Waals surface area contributed by atoms with E-state index in [2.05, 4.69) is 0 Å². The second kappa shape index (κ2) is 5.33. The number of nitro benzene ring substituents is 1. The van der Waals surface area contributed by atoms with Gasteiger partial charge in [-0.05, 0) is 12.1 Å². The molecule has 0 aromatic heterocycles. The van der Waals surface area contributed by atoms with E-state index in [1.807, 2.05) is 0 Å². The molecule has 1 aromatic carbocycles. The first-order chi connectivity index (χ1) is 6.85. The molecule has 8 heteroatoms. The molecule has 0 saturated heterocycles. The molecule has 0 saturated carbocycles. The summed E-state index contributed by atoms with van der Waals surface area (Å²) >= 11 is 0. The molecule has 0 unspecified atom stereocenters. The topological polar surface area (TPSA) is 83.3 Å². The Balaban J connectivity index is 0.00000225. The van der Waals surface area contributed by atoms with Crippen molar-refractivity contribution in [2.75, 3.05) is 0 Å². The number of halogens is 2. The third-order valence-corrected chi connectivity index (χ3v) is 1.70. The molecule has 0 aliphatic heterocycles. The van der Waals surface area contributed by atoms with E-state index in [1.54, 1.807) is 0 Å². The van der Waals surface area contributed by atoms with Gasteiger partial charge in [-0.25, -0.2) is 0 Å². The summed E-state index contributed by atoms with van der Waals surface area (Å²) in [4.78, 5) is 19.5. The number of carboxylic acids is 1. The van der Waals surface area contributed by atoms with Crippen LogP contribution in [0.2, 0.25) is 0 Å². The second-order valence-electron chi connectivity index (χ2n) is 2.67. The smallest absolute Gasteiger partial charge is 0.544 e. The zero-order valence-corrected chi connectivity index (χ0v) is 10.1. The molecule has 16 heavy (non-hydrogen) atoms. The fourth-order valence-electron chi connectivity index (χ4n) is 0.910. The molecule has 5 nitrogen and oxygen atoms in total. The molecular weight excluding hydrogens is 235 g/mol. The van der Waals surface area contributed by atoms with Gasteiger partial charge in [-0.2, -0.15) is 8.78 Å². The molecular formula is C8H4F2NNaO4. The van der Waals surface area contributed by atoms with E-state index in [1.165, 1.54) is 0 Å². The van der Waals surface area contributed by atoms with Gasteiger partial charge in [-0.15, -0.1) is 0 Å². The van der Waals surface area contributed by atoms with E-state index in [9.17, 15) is 28.8 Å². The number of nitrogens with zero attached hydrogens (tertiary/aromatic N) is 1. The number of carboxylic acid groups (broad SMARTS) is 1. The van der Waals surface area contributed by atoms with Crippen molar-refractivity contribution in [3.05, 3.63) is 39.9 Å². The molecule has 0 bridgehead atoms. The zero-order valence-electron chi connectivity index (χ0n) is 8.15. The normalized spacial score (nSPS) is 10.4. The van der Waals surface area contributed by atoms with E-state index in [-0.39, 0.29) is 29.6 Å². The Morgan fingerprint density at radius 3 is 2.00 bits per heavy atom. The standard InChI is InChI=1S/C8H5F2NO4.Na/c9-8(10,7(12)13)5-1-3-6(4-2-5)11(14)15;/h1-4H,(H,12,13);/q;+1/p-1. The van der Waals surface area contributed by atoms with Gasteiger partial charge >= 0.3 is 35.5 Å². The van der Waals surface area contributed by atoms with Crippen molar-refractivity contribution in [2.45, 2.75) is 5.92 Å². The Hall–Kier alpha value is -1.05. The molecule has 0 aliphatic carbocycles. The van der Waals surface area contributed by atoms with Crippen LogP contribution in [0.4, 0.5) is 14.5 Å². The number of hydrogen-bond acceptors (Lipinski definition) is 4. The van der Waals surface area contributed by atoms with Crippen LogP contribution >= 0.6 is 0 Å². The summed E-state index contributed by atoms with van der Waals surface area (Å²) in [5.41, 5.74) is -1.25. The molecule has 0 amide bonds. The summed E-state index contributed by atoms with van der Waals surface area (Å²) in [7, 11) is 0. The van der Waals surface area contributed by atoms with Crippen molar-refractivity contribution in [2.24, 2.45) is 0 Å². The average molecular weight is 239 g/mol. The van der Waals surface area contributed by atoms with Crippen LogP contribution in [-0.4, -0.2) is 10.9 Å². The van der Waals surface area contributed by atoms with Crippen LogP contribution in [0.25, 0.3) is 0 Å². The van der Waals surface area contributed by atoms with E-state index >= 15 is 0 Å². The molecule has 80 valence electrons. The minimum absolute atomic E-state index is 0. The zero-order chi connectivity index (χ0) is 11.6. The maximum atomic E-state index is 12.8. The maximum absolute atomic E-state index is 12.8. The number of alkyl halides is 2. The quantitative estimate of drug-likeness (QED) is 0.330. The molecule has 0 aliphatic rings. The third kappa shape index (κ3) is 2.97. The van der Waals surface area contributed by atoms with Crippen LogP contribution in [0.3, 0.4) is 0 Å². The Morgan fingerprint density at radius 2 is 1.69 bits per heavy atom. The van der Waals surface area contributed by atoms with Gasteiger partial charge in [0.05, 0.1) is 4.92 Å². The Labute approximate surface area is 111 Å². The van der Waals surface area contributed by atoms with Crippen LogP contribution in [-0.2, 0) is 10.7 Å². The summed E-state index contributed by atoms with van der Waals surface area (Å²) in [6.07, 6.45) is 0. The Morgan fingerprint density at radius 1 is 1.25 bits per heavy atom. The molecule has 0 radical (unpaired) electrons. The van der Waals surface area contributed by atoms with Crippen LogP contribution < -0.4 is 34.7 Å². The molecule has 0 fully saturated rings. The fourth-order valence-corrected chi connectivity index (χ4v) is 0.910. The van der Waals surface area contributed by atoms with Crippen molar-refractivity contribution in [1.29, 1.82) is 0 Å². The van der Waals surface area contributed by atoms with Crippen molar-refractivity contribution in [1.82, 2.24) is 0 Å². The molecule has 0 spiro atoms. The number of rotatable bonds is 3. The summed E-state index contributed by atoms with van der Waals surface area (Å²) in [5, 5.41) is 20.2. The summed E-state index contributed by atoms with van der Waals surface area (Å²) < 4.78 is 25.6. The van der Waals surface area contributed by atoms with Gasteiger partial charge in [-0.3, -0.25) is 10.1 Å². The minimum Gasteiger partial charge on any atom is -0.544 e. The second-order valence-corrected chi connectivity index (χ2v) is 2.67. The minimum atomic E-state index is -4.14. The van der Waals surface area contributed by atoms with Gasteiger partial charge in [-0.1, -0.05) is 0 Å². The number of non-ortho nitro benzene ring substituents is 1. The third-order valence-electron chi connectivity index (χ3n) is 1.70. The first kappa shape index (κ1) is 14.9. The number of hydrogen-bond donors (Lipinski definition) is 0. The molecule has 1 aromatic rings. The van der Waals surface area contributed by atoms with Crippen LogP contribution in [0, 0.1) is 10.1 Å². The Kier molecular flexibility index (Phi) is 4.98. The van der Waals surface area contributed by atoms with Crippen LogP contribution in [0.1, 0.15) is 5.56 Å². The van der Waals surface area contributed by atoms with Gasteiger partial charge in [0, 0.05) is 17.7 Å². The monoisotopic (exact) mass is 239 g/mol. The van der Waals surface area contributed by atoms with Gasteiger partial charge in [0.2, 0.25) is 0 Å². The predicted molar refractivity (Wildman–Crippen MR) is 42.0 cm³/mol. The number of aliphatic carboxylic acids is 1. The summed E-state index contributed by atoms with van der Waals surface area (Å²) in [6.45, 7) is 0. The van der Waals surface area contributed by atoms with Crippen LogP contribution in [0.15, 0.2) is 24.3 Å². The van der Waals surface area contributed by atoms with Gasteiger partial charge in [0.1, 0.15) is 5.97 Å². The SMILES string of the molecule is O=C([O-])C(F)(F)c1ccc([N+](=O)[O-])cc1.[Na+]. The van der Waals surface area contributed by atoms with Crippen molar-refractivity contribution < 1.29 is 53.2 Å². The van der Waals surface area contributed by atoms with Crippen LogP contribution in [0.5, 0.6) is 0 Å². The van der Waals surface area contributed by atoms with Gasteiger partial charge in [0.25, 0.3) is 5.69 Å².